The van der Waals surface area contributed by atoms with E-state index in [1.807, 2.05) is 0 Å². The molecule has 2 unspecified atom stereocenters. The predicted octanol–water partition coefficient (Wildman–Crippen LogP) is 6.05. The first-order valence-corrected chi connectivity index (χ1v) is 13.5. The predicted molar refractivity (Wildman–Crippen MR) is 143 cm³/mol. The van der Waals surface area contributed by atoms with Crippen LogP contribution in [0.3, 0.4) is 0 Å². The topological polar surface area (TPSA) is 111 Å². The summed E-state index contributed by atoms with van der Waals surface area (Å²) < 4.78 is 71.4. The highest BCUT2D eigenvalue weighted by molar-refractivity contribution is 6.33. The lowest BCUT2D eigenvalue weighted by Crippen LogP contribution is -2.19. The molecule has 0 bridgehead atoms. The van der Waals surface area contributed by atoms with Crippen molar-refractivity contribution < 1.29 is 46.4 Å². The molecule has 2 aromatic carbocycles. The number of methoxy groups -OCH3 is 1. The Morgan fingerprint density at radius 3 is 2.50 bits per heavy atom. The molecule has 0 spiro atoms. The number of ether oxygens (including phenoxy) is 5. The highest BCUT2D eigenvalue weighted by Crippen LogP contribution is 2.49. The molecule has 0 saturated carbocycles. The van der Waals surface area contributed by atoms with Gasteiger partial charge in [0.25, 0.3) is 0 Å². The zero-order chi connectivity index (χ0) is 30.6. The standard InChI is InChI=1S/C27H26Cl2F3N3O7/c1-4-39-21(37)13-20-25-33-34-26(27(30,31)32)35(25)23-17(24(42-20)16-7-5-8-18(38-3)22(16)29)11-15(28)12-19(23)41-10-6-9-40-14(2)36/h5,7-8,11-12,20,24H,4,6,9-10,13H2,1-3H3. The van der Waals surface area contributed by atoms with Crippen LogP contribution in [0.2, 0.25) is 10.0 Å². The largest absolute Gasteiger partial charge is 0.495 e. The van der Waals surface area contributed by atoms with Crippen molar-refractivity contribution in [2.24, 2.45) is 0 Å². The molecule has 0 fully saturated rings. The second-order valence-corrected chi connectivity index (χ2v) is 9.79. The van der Waals surface area contributed by atoms with E-state index in [0.717, 1.165) is 4.57 Å². The molecular formula is C27H26Cl2F3N3O7. The third-order valence-electron chi connectivity index (χ3n) is 6.11. The number of aromatic nitrogens is 3. The highest BCUT2D eigenvalue weighted by atomic mass is 35.5. The molecule has 0 aliphatic carbocycles. The SMILES string of the molecule is CCOC(=O)CC1OC(c2cccc(OC)c2Cl)c2cc(Cl)cc(OCCCOC(C)=O)c2-n2c1nnc2C(F)(F)F. The van der Waals surface area contributed by atoms with Crippen LogP contribution in [0.15, 0.2) is 30.3 Å². The first kappa shape index (κ1) is 31.4. The molecule has 10 nitrogen and oxygen atoms in total. The van der Waals surface area contributed by atoms with Crippen LogP contribution in [-0.4, -0.2) is 53.6 Å². The van der Waals surface area contributed by atoms with Gasteiger partial charge in [-0.1, -0.05) is 35.3 Å². The first-order valence-electron chi connectivity index (χ1n) is 12.7. The maximum atomic E-state index is 14.4. The number of rotatable bonds is 10. The lowest BCUT2D eigenvalue weighted by Gasteiger charge is -2.24. The van der Waals surface area contributed by atoms with Crippen LogP contribution in [-0.2, 0) is 30.0 Å². The summed E-state index contributed by atoms with van der Waals surface area (Å²) in [6.07, 6.45) is -7.75. The van der Waals surface area contributed by atoms with Crippen LogP contribution in [0.5, 0.6) is 11.5 Å². The summed E-state index contributed by atoms with van der Waals surface area (Å²) in [5, 5.41) is 7.46. The fourth-order valence-electron chi connectivity index (χ4n) is 4.45. The van der Waals surface area contributed by atoms with Gasteiger partial charge in [-0.3, -0.25) is 14.2 Å². The van der Waals surface area contributed by atoms with Crippen molar-refractivity contribution in [2.75, 3.05) is 26.9 Å². The number of carbonyl (C=O) groups is 2. The zero-order valence-corrected chi connectivity index (χ0v) is 24.2. The smallest absolute Gasteiger partial charge is 0.452 e. The molecule has 0 saturated heterocycles. The van der Waals surface area contributed by atoms with Crippen LogP contribution in [0.1, 0.15) is 61.7 Å². The lowest BCUT2D eigenvalue weighted by molar-refractivity contribution is -0.147. The maximum Gasteiger partial charge on any atom is 0.452 e. The Labute approximate surface area is 248 Å². The zero-order valence-electron chi connectivity index (χ0n) is 22.7. The van der Waals surface area contributed by atoms with Crippen molar-refractivity contribution in [3.8, 4) is 17.2 Å². The van der Waals surface area contributed by atoms with E-state index in [1.165, 1.54) is 26.2 Å². The summed E-state index contributed by atoms with van der Waals surface area (Å²) in [6.45, 7) is 2.86. The number of hydrogen-bond donors (Lipinski definition) is 0. The molecule has 15 heteroatoms. The number of hydrogen-bond acceptors (Lipinski definition) is 9. The van der Waals surface area contributed by atoms with E-state index >= 15 is 0 Å². The van der Waals surface area contributed by atoms with Crippen molar-refractivity contribution in [1.29, 1.82) is 0 Å². The highest BCUT2D eigenvalue weighted by Gasteiger charge is 2.45. The Morgan fingerprint density at radius 2 is 1.83 bits per heavy atom. The number of esters is 2. The van der Waals surface area contributed by atoms with Gasteiger partial charge in [-0.2, -0.15) is 13.2 Å². The van der Waals surface area contributed by atoms with E-state index in [1.54, 1.807) is 25.1 Å². The Kier molecular flexibility index (Phi) is 9.85. The van der Waals surface area contributed by atoms with Crippen molar-refractivity contribution in [3.05, 3.63) is 63.2 Å². The molecule has 0 amide bonds. The molecular weight excluding hydrogens is 606 g/mol. The second kappa shape index (κ2) is 13.2. The number of benzene rings is 2. The van der Waals surface area contributed by atoms with Gasteiger partial charge in [0.15, 0.2) is 5.82 Å². The minimum absolute atomic E-state index is 0.0243. The molecule has 1 aromatic heterocycles. The van der Waals surface area contributed by atoms with Gasteiger partial charge in [-0.25, -0.2) is 0 Å². The van der Waals surface area contributed by atoms with Crippen LogP contribution >= 0.6 is 23.2 Å². The Hall–Kier alpha value is -3.55. The molecule has 2 atom stereocenters. The Balaban J connectivity index is 1.96. The van der Waals surface area contributed by atoms with Gasteiger partial charge in [-0.05, 0) is 19.1 Å². The van der Waals surface area contributed by atoms with Crippen LogP contribution in [0, 0.1) is 0 Å². The Bertz CT molecular complexity index is 1470. The summed E-state index contributed by atoms with van der Waals surface area (Å²) in [6, 6.07) is 7.60. The molecule has 1 aliphatic heterocycles. The van der Waals surface area contributed by atoms with Crippen LogP contribution < -0.4 is 9.47 Å². The van der Waals surface area contributed by atoms with Gasteiger partial charge in [0, 0.05) is 35.6 Å². The number of fused-ring (bicyclic) bond motifs is 3. The average Bonchev–Trinajstić information content (AvgIpc) is 3.31. The van der Waals surface area contributed by atoms with Crippen molar-refractivity contribution >= 4 is 35.1 Å². The van der Waals surface area contributed by atoms with E-state index in [4.69, 9.17) is 46.9 Å². The molecule has 2 heterocycles. The summed E-state index contributed by atoms with van der Waals surface area (Å²) >= 11 is 13.1. The van der Waals surface area contributed by atoms with Gasteiger partial charge < -0.3 is 23.7 Å². The van der Waals surface area contributed by atoms with Gasteiger partial charge in [0.05, 0.1) is 44.1 Å². The molecule has 0 radical (unpaired) electrons. The molecule has 4 rings (SSSR count). The van der Waals surface area contributed by atoms with E-state index in [2.05, 4.69) is 10.2 Å². The van der Waals surface area contributed by atoms with Crippen LogP contribution in [0.25, 0.3) is 5.69 Å². The minimum atomic E-state index is -4.96. The number of carbonyl (C=O) groups excluding carboxylic acids is 2. The van der Waals surface area contributed by atoms with E-state index in [-0.39, 0.29) is 64.9 Å². The molecule has 226 valence electrons. The number of nitrogens with zero attached hydrogens (tertiary/aromatic N) is 3. The third-order valence-corrected chi connectivity index (χ3v) is 6.73. The monoisotopic (exact) mass is 631 g/mol. The van der Waals surface area contributed by atoms with Gasteiger partial charge in [0.2, 0.25) is 5.82 Å². The number of alkyl halides is 3. The van der Waals surface area contributed by atoms with E-state index < -0.39 is 42.6 Å². The first-order chi connectivity index (χ1) is 20.0. The summed E-state index contributed by atoms with van der Waals surface area (Å²) in [4.78, 5) is 23.7. The molecule has 3 aromatic rings. The lowest BCUT2D eigenvalue weighted by atomic mass is 9.98. The fraction of sp³-hybridized carbons (Fsp3) is 0.407. The quantitative estimate of drug-likeness (QED) is 0.195. The van der Waals surface area contributed by atoms with E-state index in [0.29, 0.717) is 5.56 Å². The molecule has 1 aliphatic rings. The van der Waals surface area contributed by atoms with Gasteiger partial charge >= 0.3 is 18.1 Å². The summed E-state index contributed by atoms with van der Waals surface area (Å²) in [5.41, 5.74) is 0.335. The summed E-state index contributed by atoms with van der Waals surface area (Å²) in [7, 11) is 1.41. The molecule has 0 N–H and O–H groups in total. The van der Waals surface area contributed by atoms with Gasteiger partial charge in [-0.15, -0.1) is 10.2 Å². The second-order valence-electron chi connectivity index (χ2n) is 8.98. The van der Waals surface area contributed by atoms with Gasteiger partial charge in [0.1, 0.15) is 23.7 Å². The van der Waals surface area contributed by atoms with E-state index in [9.17, 15) is 22.8 Å². The molecule has 42 heavy (non-hydrogen) atoms. The Morgan fingerprint density at radius 1 is 1.07 bits per heavy atom. The van der Waals surface area contributed by atoms with Crippen molar-refractivity contribution in [3.63, 3.8) is 0 Å². The maximum absolute atomic E-state index is 14.4. The minimum Gasteiger partial charge on any atom is -0.495 e. The summed E-state index contributed by atoms with van der Waals surface area (Å²) in [5.74, 6) is -2.68. The third kappa shape index (κ3) is 6.74. The number of halogens is 5. The normalized spacial score (nSPS) is 16.2. The van der Waals surface area contributed by atoms with Crippen molar-refractivity contribution in [2.45, 2.75) is 45.1 Å². The fourth-order valence-corrected chi connectivity index (χ4v) is 4.97. The average molecular weight is 632 g/mol. The van der Waals surface area contributed by atoms with Crippen molar-refractivity contribution in [1.82, 2.24) is 14.8 Å². The van der Waals surface area contributed by atoms with Crippen LogP contribution in [0.4, 0.5) is 13.2 Å².